The fraction of sp³-hybridized carbons (Fsp3) is 0.267. The predicted octanol–water partition coefficient (Wildman–Crippen LogP) is 1.21. The zero-order chi connectivity index (χ0) is 16.8. The molecule has 0 spiro atoms. The highest BCUT2D eigenvalue weighted by Crippen LogP contribution is 2.23. The van der Waals surface area contributed by atoms with E-state index < -0.39 is 12.0 Å². The first kappa shape index (κ1) is 16.3. The number of H-pyrrole nitrogens is 1. The van der Waals surface area contributed by atoms with E-state index in [0.717, 1.165) is 0 Å². The number of aromatic nitrogens is 1. The molecule has 2 rings (SSSR count). The van der Waals surface area contributed by atoms with Gasteiger partial charge in [-0.25, -0.2) is 9.59 Å². The Morgan fingerprint density at radius 3 is 2.61 bits per heavy atom. The minimum Gasteiger partial charge on any atom is -0.465 e. The lowest BCUT2D eigenvalue weighted by molar-refractivity contribution is -0.118. The highest BCUT2D eigenvalue weighted by Gasteiger charge is 2.14. The molecule has 8 nitrogen and oxygen atoms in total. The van der Waals surface area contributed by atoms with Crippen LogP contribution in [0.2, 0.25) is 0 Å². The topological polar surface area (TPSA) is 112 Å². The standard InChI is InChI=1S/C15H18N4O4/c1-9(20)16-5-6-18-15(22)19-10-7-12(14(21)23-2)11-3-4-17-13(11)8-10/h3-4,7-8,17H,5-6H2,1-2H3,(H,16,20)(H2,18,19,22). The van der Waals surface area contributed by atoms with Crippen LogP contribution < -0.4 is 16.0 Å². The van der Waals surface area contributed by atoms with Crippen LogP contribution in [0.1, 0.15) is 17.3 Å². The molecule has 8 heteroatoms. The van der Waals surface area contributed by atoms with Gasteiger partial charge < -0.3 is 25.7 Å². The Morgan fingerprint density at radius 1 is 1.17 bits per heavy atom. The average Bonchev–Trinajstić information content (AvgIpc) is 2.98. The summed E-state index contributed by atoms with van der Waals surface area (Å²) >= 11 is 0. The Kier molecular flexibility index (Phi) is 5.19. The second-order valence-corrected chi connectivity index (χ2v) is 4.82. The first-order chi connectivity index (χ1) is 11.0. The van der Waals surface area contributed by atoms with Crippen molar-refractivity contribution in [2.45, 2.75) is 6.92 Å². The number of nitrogens with one attached hydrogen (secondary N) is 4. The van der Waals surface area contributed by atoms with Gasteiger partial charge in [-0.1, -0.05) is 0 Å². The van der Waals surface area contributed by atoms with Crippen LogP contribution in [0.4, 0.5) is 10.5 Å². The molecule has 4 N–H and O–H groups in total. The molecule has 0 saturated heterocycles. The van der Waals surface area contributed by atoms with E-state index in [0.29, 0.717) is 35.2 Å². The molecule has 0 saturated carbocycles. The second kappa shape index (κ2) is 7.30. The highest BCUT2D eigenvalue weighted by atomic mass is 16.5. The second-order valence-electron chi connectivity index (χ2n) is 4.82. The summed E-state index contributed by atoms with van der Waals surface area (Å²) in [7, 11) is 1.30. The van der Waals surface area contributed by atoms with Gasteiger partial charge in [0.15, 0.2) is 0 Å². The maximum Gasteiger partial charge on any atom is 0.338 e. The Hall–Kier alpha value is -3.03. The summed E-state index contributed by atoms with van der Waals surface area (Å²) < 4.78 is 4.75. The fourth-order valence-electron chi connectivity index (χ4n) is 2.11. The van der Waals surface area contributed by atoms with Crippen molar-refractivity contribution in [1.82, 2.24) is 15.6 Å². The van der Waals surface area contributed by atoms with Gasteiger partial charge >= 0.3 is 12.0 Å². The highest BCUT2D eigenvalue weighted by molar-refractivity contribution is 6.06. The van der Waals surface area contributed by atoms with Gasteiger partial charge in [0.05, 0.1) is 12.7 Å². The van der Waals surface area contributed by atoms with Crippen molar-refractivity contribution >= 4 is 34.5 Å². The van der Waals surface area contributed by atoms with E-state index in [2.05, 4.69) is 20.9 Å². The number of methoxy groups -OCH3 is 1. The molecule has 1 aromatic heterocycles. The number of amides is 3. The van der Waals surface area contributed by atoms with Gasteiger partial charge in [-0.3, -0.25) is 4.79 Å². The third kappa shape index (κ3) is 4.22. The number of ether oxygens (including phenoxy) is 1. The number of aromatic amines is 1. The van der Waals surface area contributed by atoms with Crippen LogP contribution >= 0.6 is 0 Å². The van der Waals surface area contributed by atoms with Crippen LogP contribution in [0.15, 0.2) is 24.4 Å². The number of hydrogen-bond donors (Lipinski definition) is 4. The van der Waals surface area contributed by atoms with E-state index in [-0.39, 0.29) is 5.91 Å². The summed E-state index contributed by atoms with van der Waals surface area (Å²) in [6.07, 6.45) is 1.70. The smallest absolute Gasteiger partial charge is 0.338 e. The number of benzene rings is 1. The summed E-state index contributed by atoms with van der Waals surface area (Å²) in [5.74, 6) is -0.642. The molecule has 1 aromatic carbocycles. The minimum atomic E-state index is -0.482. The zero-order valence-electron chi connectivity index (χ0n) is 12.9. The van der Waals surface area contributed by atoms with Crippen molar-refractivity contribution in [1.29, 1.82) is 0 Å². The van der Waals surface area contributed by atoms with Gasteiger partial charge in [0.25, 0.3) is 0 Å². The van der Waals surface area contributed by atoms with Crippen molar-refractivity contribution in [3.8, 4) is 0 Å². The van der Waals surface area contributed by atoms with Gasteiger partial charge in [0.1, 0.15) is 0 Å². The monoisotopic (exact) mass is 318 g/mol. The lowest BCUT2D eigenvalue weighted by Crippen LogP contribution is -2.36. The van der Waals surface area contributed by atoms with E-state index in [1.54, 1.807) is 24.4 Å². The quantitative estimate of drug-likeness (QED) is 0.490. The van der Waals surface area contributed by atoms with Crippen molar-refractivity contribution in [2.75, 3.05) is 25.5 Å². The van der Waals surface area contributed by atoms with Crippen LogP contribution in [0, 0.1) is 0 Å². The molecule has 0 bridgehead atoms. The zero-order valence-corrected chi connectivity index (χ0v) is 12.9. The van der Waals surface area contributed by atoms with Gasteiger partial charge in [0.2, 0.25) is 5.91 Å². The first-order valence-electron chi connectivity index (χ1n) is 7.00. The number of rotatable bonds is 5. The first-order valence-corrected chi connectivity index (χ1v) is 7.00. The summed E-state index contributed by atoms with van der Waals surface area (Å²) in [5, 5.41) is 8.53. The van der Waals surface area contributed by atoms with E-state index in [1.165, 1.54) is 14.0 Å². The molecular formula is C15H18N4O4. The number of fused-ring (bicyclic) bond motifs is 1. The molecule has 0 aliphatic carbocycles. The number of urea groups is 1. The molecule has 2 aromatic rings. The van der Waals surface area contributed by atoms with Crippen molar-refractivity contribution in [3.05, 3.63) is 30.0 Å². The third-order valence-corrected chi connectivity index (χ3v) is 3.12. The molecule has 0 atom stereocenters. The molecule has 3 amide bonds. The summed E-state index contributed by atoms with van der Waals surface area (Å²) in [6, 6.07) is 4.60. The largest absolute Gasteiger partial charge is 0.465 e. The Balaban J connectivity index is 2.06. The van der Waals surface area contributed by atoms with Crippen LogP contribution in [0.3, 0.4) is 0 Å². The van der Waals surface area contributed by atoms with Gasteiger partial charge in [0, 0.05) is 42.8 Å². The number of carbonyl (C=O) groups is 3. The van der Waals surface area contributed by atoms with Crippen molar-refractivity contribution in [2.24, 2.45) is 0 Å². The van der Waals surface area contributed by atoms with Crippen LogP contribution in [-0.4, -0.2) is 43.1 Å². The lowest BCUT2D eigenvalue weighted by atomic mass is 10.1. The third-order valence-electron chi connectivity index (χ3n) is 3.12. The normalized spacial score (nSPS) is 10.2. The van der Waals surface area contributed by atoms with Gasteiger partial charge in [-0.15, -0.1) is 0 Å². The van der Waals surface area contributed by atoms with Crippen LogP contribution in [0.25, 0.3) is 10.9 Å². The van der Waals surface area contributed by atoms with Crippen LogP contribution in [-0.2, 0) is 9.53 Å². The van der Waals surface area contributed by atoms with Crippen molar-refractivity contribution < 1.29 is 19.1 Å². The van der Waals surface area contributed by atoms with Crippen molar-refractivity contribution in [3.63, 3.8) is 0 Å². The molecule has 0 fully saturated rings. The molecule has 1 heterocycles. The maximum atomic E-state index is 11.8. The molecule has 0 aliphatic heterocycles. The maximum absolute atomic E-state index is 11.8. The van der Waals surface area contributed by atoms with E-state index in [9.17, 15) is 14.4 Å². The number of carbonyl (C=O) groups excluding carboxylic acids is 3. The van der Waals surface area contributed by atoms with Crippen LogP contribution in [0.5, 0.6) is 0 Å². The minimum absolute atomic E-state index is 0.160. The van der Waals surface area contributed by atoms with E-state index in [1.807, 2.05) is 0 Å². The van der Waals surface area contributed by atoms with Gasteiger partial charge in [-0.05, 0) is 18.2 Å². The Morgan fingerprint density at radius 2 is 1.91 bits per heavy atom. The molecule has 0 unspecified atom stereocenters. The summed E-state index contributed by atoms with van der Waals surface area (Å²) in [5.41, 5.74) is 1.53. The Labute approximate surface area is 132 Å². The SMILES string of the molecule is COC(=O)c1cc(NC(=O)NCCNC(C)=O)cc2[nH]ccc12. The number of hydrogen-bond acceptors (Lipinski definition) is 4. The van der Waals surface area contributed by atoms with Gasteiger partial charge in [-0.2, -0.15) is 0 Å². The Bertz CT molecular complexity index is 738. The summed E-state index contributed by atoms with van der Waals surface area (Å²) in [4.78, 5) is 37.4. The number of esters is 1. The summed E-state index contributed by atoms with van der Waals surface area (Å²) in [6.45, 7) is 2.03. The molecular weight excluding hydrogens is 300 g/mol. The molecule has 0 radical (unpaired) electrons. The van der Waals surface area contributed by atoms with E-state index in [4.69, 9.17) is 4.74 Å². The predicted molar refractivity (Wildman–Crippen MR) is 85.3 cm³/mol. The molecule has 122 valence electrons. The fourth-order valence-corrected chi connectivity index (χ4v) is 2.11. The molecule has 23 heavy (non-hydrogen) atoms. The molecule has 0 aliphatic rings. The van der Waals surface area contributed by atoms with E-state index >= 15 is 0 Å². The number of anilines is 1. The lowest BCUT2D eigenvalue weighted by Gasteiger charge is -2.10. The average molecular weight is 318 g/mol.